The smallest absolute Gasteiger partial charge is 0.246 e. The van der Waals surface area contributed by atoms with E-state index >= 15 is 0 Å². The molecule has 0 aromatic carbocycles. The summed E-state index contributed by atoms with van der Waals surface area (Å²) in [5.74, 6) is -3.30. The first-order chi connectivity index (χ1) is 13.7. The van der Waals surface area contributed by atoms with E-state index in [1.54, 1.807) is 0 Å². The van der Waals surface area contributed by atoms with Gasteiger partial charge < -0.3 is 42.6 Å². The van der Waals surface area contributed by atoms with Crippen LogP contribution in [0.5, 0.6) is 0 Å². The fourth-order valence-electron chi connectivity index (χ4n) is 1.92. The van der Waals surface area contributed by atoms with Crippen LogP contribution >= 0.6 is 0 Å². The third kappa shape index (κ3) is 14.0. The molecular formula is C16H30N6O7. The number of hydrogen-bond acceptors (Lipinski definition) is 8. The van der Waals surface area contributed by atoms with Crippen LogP contribution in [0.25, 0.3) is 0 Å². The highest BCUT2D eigenvalue weighted by Gasteiger charge is 2.23. The van der Waals surface area contributed by atoms with Crippen LogP contribution in [-0.2, 0) is 33.4 Å². The first-order valence-electron chi connectivity index (χ1n) is 8.97. The number of nitrogens with two attached hydrogens (primary N) is 3. The number of nitrogens with one attached hydrogen (secondary N) is 3. The Morgan fingerprint density at radius 2 is 1.59 bits per heavy atom. The fourth-order valence-corrected chi connectivity index (χ4v) is 1.92. The summed E-state index contributed by atoms with van der Waals surface area (Å²) >= 11 is 0. The molecule has 0 bridgehead atoms. The lowest BCUT2D eigenvalue weighted by Crippen LogP contribution is -2.53. The second kappa shape index (κ2) is 15.2. The topological polar surface area (TPSA) is 218 Å². The van der Waals surface area contributed by atoms with E-state index in [2.05, 4.69) is 16.0 Å². The molecule has 0 aliphatic rings. The van der Waals surface area contributed by atoms with Crippen molar-refractivity contribution in [1.29, 1.82) is 0 Å². The van der Waals surface area contributed by atoms with Gasteiger partial charge in [0, 0.05) is 13.0 Å². The van der Waals surface area contributed by atoms with Gasteiger partial charge in [0.15, 0.2) is 0 Å². The van der Waals surface area contributed by atoms with Gasteiger partial charge in [-0.05, 0) is 13.3 Å². The number of hydrogen-bond donors (Lipinski definition) is 6. The zero-order valence-electron chi connectivity index (χ0n) is 16.4. The van der Waals surface area contributed by atoms with Gasteiger partial charge in [0.2, 0.25) is 29.5 Å². The molecule has 0 unspecified atom stereocenters. The molecule has 2 atom stereocenters. The summed E-state index contributed by atoms with van der Waals surface area (Å²) in [6.45, 7) is 2.04. The Hall–Kier alpha value is -2.77. The largest absolute Gasteiger partial charge is 0.378 e. The molecule has 0 rings (SSSR count). The maximum atomic E-state index is 12.0. The molecule has 0 saturated heterocycles. The van der Waals surface area contributed by atoms with Crippen LogP contribution in [0.3, 0.4) is 0 Å². The molecule has 0 saturated carbocycles. The number of primary amides is 2. The maximum Gasteiger partial charge on any atom is 0.246 e. The molecule has 5 amide bonds. The van der Waals surface area contributed by atoms with Crippen molar-refractivity contribution in [2.75, 3.05) is 39.5 Å². The second-order valence-electron chi connectivity index (χ2n) is 5.99. The summed E-state index contributed by atoms with van der Waals surface area (Å²) in [6, 6.07) is -2.11. The molecule has 0 aliphatic carbocycles. The van der Waals surface area contributed by atoms with E-state index in [9.17, 15) is 24.0 Å². The summed E-state index contributed by atoms with van der Waals surface area (Å²) in [5.41, 5.74) is 15.4. The Labute approximate surface area is 168 Å². The summed E-state index contributed by atoms with van der Waals surface area (Å²) < 4.78 is 10.1. The third-order valence-electron chi connectivity index (χ3n) is 3.42. The molecule has 0 fully saturated rings. The van der Waals surface area contributed by atoms with Crippen LogP contribution in [-0.4, -0.2) is 81.1 Å². The highest BCUT2D eigenvalue weighted by Crippen LogP contribution is 1.97. The highest BCUT2D eigenvalue weighted by molar-refractivity contribution is 5.92. The van der Waals surface area contributed by atoms with Gasteiger partial charge in [0.05, 0.1) is 26.4 Å². The SMILES string of the molecule is C[C@H](NC(=O)CNC(=O)COCCOCCN)C(=O)N[C@@H](CCC(N)=O)C(N)=O. The van der Waals surface area contributed by atoms with Crippen LogP contribution < -0.4 is 33.2 Å². The minimum absolute atomic E-state index is 0.0512. The van der Waals surface area contributed by atoms with Gasteiger partial charge in [-0.15, -0.1) is 0 Å². The summed E-state index contributed by atoms with van der Waals surface area (Å²) in [7, 11) is 0. The molecule has 166 valence electrons. The molecule has 0 aliphatic heterocycles. The predicted octanol–water partition coefficient (Wildman–Crippen LogP) is -4.17. The molecule has 29 heavy (non-hydrogen) atoms. The van der Waals surface area contributed by atoms with Crippen molar-refractivity contribution >= 4 is 29.5 Å². The molecule has 0 aromatic heterocycles. The molecule has 13 nitrogen and oxygen atoms in total. The normalized spacial score (nSPS) is 12.5. The number of carbonyl (C=O) groups excluding carboxylic acids is 5. The molecule has 0 aromatic rings. The van der Waals surface area contributed by atoms with E-state index in [4.69, 9.17) is 26.7 Å². The van der Waals surface area contributed by atoms with Gasteiger partial charge in [-0.2, -0.15) is 0 Å². The Morgan fingerprint density at radius 3 is 2.17 bits per heavy atom. The van der Waals surface area contributed by atoms with Crippen molar-refractivity contribution in [3.63, 3.8) is 0 Å². The van der Waals surface area contributed by atoms with Crippen LogP contribution in [0.2, 0.25) is 0 Å². The summed E-state index contributed by atoms with van der Waals surface area (Å²) in [6.07, 6.45) is -0.188. The van der Waals surface area contributed by atoms with Crippen LogP contribution in [0.1, 0.15) is 19.8 Å². The molecule has 13 heteroatoms. The van der Waals surface area contributed by atoms with E-state index in [-0.39, 0.29) is 32.6 Å². The zero-order chi connectivity index (χ0) is 22.2. The van der Waals surface area contributed by atoms with Crippen molar-refractivity contribution in [3.05, 3.63) is 0 Å². The monoisotopic (exact) mass is 418 g/mol. The molecule has 9 N–H and O–H groups in total. The van der Waals surface area contributed by atoms with Crippen molar-refractivity contribution < 1.29 is 33.4 Å². The average molecular weight is 418 g/mol. The Kier molecular flexibility index (Phi) is 13.7. The molecule has 0 radical (unpaired) electrons. The lowest BCUT2D eigenvalue weighted by molar-refractivity contribution is -0.132. The average Bonchev–Trinajstić information content (AvgIpc) is 2.65. The molecule has 0 heterocycles. The van der Waals surface area contributed by atoms with Gasteiger partial charge in [-0.25, -0.2) is 0 Å². The second-order valence-corrected chi connectivity index (χ2v) is 5.99. The fraction of sp³-hybridized carbons (Fsp3) is 0.688. The van der Waals surface area contributed by atoms with E-state index in [1.807, 2.05) is 0 Å². The predicted molar refractivity (Wildman–Crippen MR) is 101 cm³/mol. The van der Waals surface area contributed by atoms with Crippen LogP contribution in [0.4, 0.5) is 0 Å². The molecule has 0 spiro atoms. The van der Waals surface area contributed by atoms with E-state index in [0.717, 1.165) is 0 Å². The zero-order valence-corrected chi connectivity index (χ0v) is 16.4. The van der Waals surface area contributed by atoms with Gasteiger partial charge in [0.1, 0.15) is 18.7 Å². The van der Waals surface area contributed by atoms with Gasteiger partial charge in [-0.1, -0.05) is 0 Å². The summed E-state index contributed by atoms with van der Waals surface area (Å²) in [4.78, 5) is 57.5. The maximum absolute atomic E-state index is 12.0. The first-order valence-corrected chi connectivity index (χ1v) is 8.97. The lowest BCUT2D eigenvalue weighted by Gasteiger charge is -2.19. The minimum atomic E-state index is -1.10. The minimum Gasteiger partial charge on any atom is -0.378 e. The van der Waals surface area contributed by atoms with E-state index in [0.29, 0.717) is 19.8 Å². The number of amides is 5. The highest BCUT2D eigenvalue weighted by atomic mass is 16.5. The van der Waals surface area contributed by atoms with E-state index in [1.165, 1.54) is 6.92 Å². The van der Waals surface area contributed by atoms with Gasteiger partial charge >= 0.3 is 0 Å². The van der Waals surface area contributed by atoms with Crippen molar-refractivity contribution in [3.8, 4) is 0 Å². The van der Waals surface area contributed by atoms with Crippen LogP contribution in [0, 0.1) is 0 Å². The van der Waals surface area contributed by atoms with E-state index < -0.39 is 41.6 Å². The van der Waals surface area contributed by atoms with Gasteiger partial charge in [-0.3, -0.25) is 24.0 Å². The van der Waals surface area contributed by atoms with Crippen molar-refractivity contribution in [2.24, 2.45) is 17.2 Å². The first kappa shape index (κ1) is 26.2. The Morgan fingerprint density at radius 1 is 0.931 bits per heavy atom. The number of ether oxygens (including phenoxy) is 2. The lowest BCUT2D eigenvalue weighted by atomic mass is 10.1. The van der Waals surface area contributed by atoms with Gasteiger partial charge in [0.25, 0.3) is 0 Å². The Bertz CT molecular complexity index is 572. The van der Waals surface area contributed by atoms with Crippen LogP contribution in [0.15, 0.2) is 0 Å². The Balaban J connectivity index is 4.15. The summed E-state index contributed by atoms with van der Waals surface area (Å²) in [5, 5.41) is 7.01. The molecular weight excluding hydrogens is 388 g/mol. The number of rotatable bonds is 16. The third-order valence-corrected chi connectivity index (χ3v) is 3.42. The van der Waals surface area contributed by atoms with Crippen molar-refractivity contribution in [2.45, 2.75) is 31.8 Å². The quantitative estimate of drug-likeness (QED) is 0.135. The standard InChI is InChI=1S/C16H30N6O7/c1-10(16(27)22-11(15(19)26)2-3-12(18)23)21-13(24)8-20-14(25)9-29-7-6-28-5-4-17/h10-11H,2-9,17H2,1H3,(H2,18,23)(H2,19,26)(H,20,25)(H,21,24)(H,22,27)/t10-,11-/m0/s1. The van der Waals surface area contributed by atoms with Crippen molar-refractivity contribution in [1.82, 2.24) is 16.0 Å². The number of carbonyl (C=O) groups is 5.